The van der Waals surface area contributed by atoms with E-state index in [0.717, 1.165) is 24.2 Å². The van der Waals surface area contributed by atoms with Crippen molar-refractivity contribution in [2.75, 3.05) is 0 Å². The van der Waals surface area contributed by atoms with E-state index in [1.807, 2.05) is 12.1 Å². The van der Waals surface area contributed by atoms with E-state index in [9.17, 15) is 5.11 Å². The SMILES string of the molecule is O[C@H]1CCC[C@@H]1Sc1ccc(Cl)c(Cl)c1. The lowest BCUT2D eigenvalue weighted by molar-refractivity contribution is 0.188. The zero-order chi connectivity index (χ0) is 10.8. The Hall–Kier alpha value is 0.110. The average Bonchev–Trinajstić information content (AvgIpc) is 2.59. The number of thioether (sulfide) groups is 1. The van der Waals surface area contributed by atoms with Crippen LogP contribution < -0.4 is 0 Å². The molecule has 1 aromatic rings. The van der Waals surface area contributed by atoms with Crippen LogP contribution in [-0.4, -0.2) is 16.5 Å². The summed E-state index contributed by atoms with van der Waals surface area (Å²) in [6.45, 7) is 0. The largest absolute Gasteiger partial charge is 0.392 e. The molecule has 15 heavy (non-hydrogen) atoms. The van der Waals surface area contributed by atoms with Crippen LogP contribution in [-0.2, 0) is 0 Å². The minimum absolute atomic E-state index is 0.176. The van der Waals surface area contributed by atoms with E-state index < -0.39 is 0 Å². The number of benzene rings is 1. The first-order valence-electron chi connectivity index (χ1n) is 4.96. The summed E-state index contributed by atoms with van der Waals surface area (Å²) in [7, 11) is 0. The van der Waals surface area contributed by atoms with Crippen molar-refractivity contribution >= 4 is 35.0 Å². The van der Waals surface area contributed by atoms with E-state index in [2.05, 4.69) is 0 Å². The predicted molar refractivity (Wildman–Crippen MR) is 66.0 cm³/mol. The smallest absolute Gasteiger partial charge is 0.0662 e. The molecule has 1 nitrogen and oxygen atoms in total. The van der Waals surface area contributed by atoms with Crippen LogP contribution in [0.4, 0.5) is 0 Å². The van der Waals surface area contributed by atoms with E-state index in [-0.39, 0.29) is 6.10 Å². The molecule has 1 aromatic carbocycles. The van der Waals surface area contributed by atoms with E-state index in [4.69, 9.17) is 23.2 Å². The molecule has 0 bridgehead atoms. The maximum absolute atomic E-state index is 9.69. The maximum atomic E-state index is 9.69. The van der Waals surface area contributed by atoms with Gasteiger partial charge in [0.05, 0.1) is 16.1 Å². The molecule has 0 amide bonds. The van der Waals surface area contributed by atoms with Crippen molar-refractivity contribution in [2.24, 2.45) is 0 Å². The lowest BCUT2D eigenvalue weighted by Crippen LogP contribution is -2.14. The second kappa shape index (κ2) is 4.96. The van der Waals surface area contributed by atoms with Gasteiger partial charge in [0.15, 0.2) is 0 Å². The Bertz CT molecular complexity index is 356. The molecule has 0 unspecified atom stereocenters. The van der Waals surface area contributed by atoms with Crippen molar-refractivity contribution in [2.45, 2.75) is 35.5 Å². The van der Waals surface area contributed by atoms with Crippen LogP contribution in [0.15, 0.2) is 23.1 Å². The molecule has 1 aliphatic carbocycles. The highest BCUT2D eigenvalue weighted by atomic mass is 35.5. The van der Waals surface area contributed by atoms with Crippen LogP contribution in [0.3, 0.4) is 0 Å². The van der Waals surface area contributed by atoms with Gasteiger partial charge in [0.2, 0.25) is 0 Å². The standard InChI is InChI=1S/C11H12Cl2OS/c12-8-5-4-7(6-9(8)13)15-11-3-1-2-10(11)14/h4-6,10-11,14H,1-3H2/t10-,11-/m0/s1. The van der Waals surface area contributed by atoms with Gasteiger partial charge in [-0.05, 0) is 37.5 Å². The lowest BCUT2D eigenvalue weighted by Gasteiger charge is -2.13. The summed E-state index contributed by atoms with van der Waals surface area (Å²) in [5, 5.41) is 11.2. The number of halogens is 2. The Balaban J connectivity index is 2.07. The van der Waals surface area contributed by atoms with Gasteiger partial charge in [-0.25, -0.2) is 0 Å². The van der Waals surface area contributed by atoms with Crippen molar-refractivity contribution in [1.29, 1.82) is 0 Å². The highest BCUT2D eigenvalue weighted by molar-refractivity contribution is 8.00. The fourth-order valence-electron chi connectivity index (χ4n) is 1.77. The van der Waals surface area contributed by atoms with Crippen LogP contribution in [0.2, 0.25) is 10.0 Å². The van der Waals surface area contributed by atoms with Crippen LogP contribution in [0, 0.1) is 0 Å². The Morgan fingerprint density at radius 2 is 2.00 bits per heavy atom. The molecule has 0 heterocycles. The van der Waals surface area contributed by atoms with Crippen LogP contribution in [0.25, 0.3) is 0 Å². The van der Waals surface area contributed by atoms with Gasteiger partial charge >= 0.3 is 0 Å². The first-order valence-corrected chi connectivity index (χ1v) is 6.60. The maximum Gasteiger partial charge on any atom is 0.0662 e. The monoisotopic (exact) mass is 262 g/mol. The summed E-state index contributed by atoms with van der Waals surface area (Å²) in [6, 6.07) is 5.61. The Morgan fingerprint density at radius 3 is 2.60 bits per heavy atom. The van der Waals surface area contributed by atoms with Gasteiger partial charge in [-0.15, -0.1) is 11.8 Å². The van der Waals surface area contributed by atoms with E-state index in [0.29, 0.717) is 15.3 Å². The van der Waals surface area contributed by atoms with Crippen LogP contribution in [0.1, 0.15) is 19.3 Å². The van der Waals surface area contributed by atoms with Crippen molar-refractivity contribution in [3.63, 3.8) is 0 Å². The molecule has 1 fully saturated rings. The summed E-state index contributed by atoms with van der Waals surface area (Å²) < 4.78 is 0. The van der Waals surface area contributed by atoms with Gasteiger partial charge in [-0.1, -0.05) is 23.2 Å². The molecule has 4 heteroatoms. The molecule has 1 N–H and O–H groups in total. The molecule has 0 saturated heterocycles. The predicted octanol–water partition coefficient (Wildman–Crippen LogP) is 4.00. The van der Waals surface area contributed by atoms with Gasteiger partial charge in [0.25, 0.3) is 0 Å². The molecule has 1 saturated carbocycles. The summed E-state index contributed by atoms with van der Waals surface area (Å²) >= 11 is 13.5. The molecule has 2 rings (SSSR count). The zero-order valence-corrected chi connectivity index (χ0v) is 10.4. The molecule has 0 aromatic heterocycles. The van der Waals surface area contributed by atoms with Crippen molar-refractivity contribution in [3.8, 4) is 0 Å². The number of rotatable bonds is 2. The highest BCUT2D eigenvalue weighted by Crippen LogP contribution is 2.37. The minimum Gasteiger partial charge on any atom is -0.392 e. The van der Waals surface area contributed by atoms with E-state index in [1.54, 1.807) is 17.8 Å². The van der Waals surface area contributed by atoms with Gasteiger partial charge < -0.3 is 5.11 Å². The Labute approximate surface area is 104 Å². The Morgan fingerprint density at radius 1 is 1.20 bits per heavy atom. The lowest BCUT2D eigenvalue weighted by atomic mass is 10.3. The zero-order valence-electron chi connectivity index (χ0n) is 8.12. The quantitative estimate of drug-likeness (QED) is 0.870. The molecular formula is C11H12Cl2OS. The fraction of sp³-hybridized carbons (Fsp3) is 0.455. The van der Waals surface area contributed by atoms with Crippen molar-refractivity contribution in [3.05, 3.63) is 28.2 Å². The third-order valence-corrected chi connectivity index (χ3v) is 4.71. The number of aliphatic hydroxyl groups excluding tert-OH is 1. The first kappa shape index (κ1) is 11.6. The number of aliphatic hydroxyl groups is 1. The third kappa shape index (κ3) is 2.82. The molecular weight excluding hydrogens is 251 g/mol. The molecule has 2 atom stereocenters. The van der Waals surface area contributed by atoms with E-state index in [1.165, 1.54) is 0 Å². The summed E-state index contributed by atoms with van der Waals surface area (Å²) in [4.78, 5) is 1.08. The second-order valence-electron chi connectivity index (χ2n) is 3.73. The normalized spacial score (nSPS) is 25.8. The molecule has 82 valence electrons. The number of hydrogen-bond donors (Lipinski definition) is 1. The van der Waals surface area contributed by atoms with Crippen molar-refractivity contribution < 1.29 is 5.11 Å². The Kier molecular flexibility index (Phi) is 3.83. The molecule has 0 spiro atoms. The summed E-state index contributed by atoms with van der Waals surface area (Å²) in [5.41, 5.74) is 0. The van der Waals surface area contributed by atoms with Gasteiger partial charge in [0.1, 0.15) is 0 Å². The first-order chi connectivity index (χ1) is 7.16. The van der Waals surface area contributed by atoms with Gasteiger partial charge in [-0.3, -0.25) is 0 Å². The summed E-state index contributed by atoms with van der Waals surface area (Å²) in [5.74, 6) is 0. The van der Waals surface area contributed by atoms with Crippen LogP contribution in [0.5, 0.6) is 0 Å². The topological polar surface area (TPSA) is 20.2 Å². The highest BCUT2D eigenvalue weighted by Gasteiger charge is 2.25. The molecule has 0 radical (unpaired) electrons. The summed E-state index contributed by atoms with van der Waals surface area (Å²) in [6.07, 6.45) is 2.93. The molecule has 0 aliphatic heterocycles. The van der Waals surface area contributed by atoms with Gasteiger partial charge in [-0.2, -0.15) is 0 Å². The third-order valence-electron chi connectivity index (χ3n) is 2.60. The minimum atomic E-state index is -0.176. The molecule has 1 aliphatic rings. The van der Waals surface area contributed by atoms with Crippen LogP contribution >= 0.6 is 35.0 Å². The fourth-order valence-corrected chi connectivity index (χ4v) is 3.39. The van der Waals surface area contributed by atoms with E-state index >= 15 is 0 Å². The van der Waals surface area contributed by atoms with Crippen molar-refractivity contribution in [1.82, 2.24) is 0 Å². The number of hydrogen-bond acceptors (Lipinski definition) is 2. The average molecular weight is 263 g/mol. The van der Waals surface area contributed by atoms with Gasteiger partial charge in [0, 0.05) is 10.1 Å². The second-order valence-corrected chi connectivity index (χ2v) is 5.86.